The lowest BCUT2D eigenvalue weighted by molar-refractivity contribution is -0.145. The predicted molar refractivity (Wildman–Crippen MR) is 58.2 cm³/mol. The molecule has 15 heavy (non-hydrogen) atoms. The van der Waals surface area contributed by atoms with Gasteiger partial charge in [-0.05, 0) is 19.3 Å². The molecule has 2 aliphatic heterocycles. The lowest BCUT2D eigenvalue weighted by Crippen LogP contribution is -2.44. The van der Waals surface area contributed by atoms with Gasteiger partial charge in [0.1, 0.15) is 0 Å². The Bertz CT molecular complexity index is 229. The summed E-state index contributed by atoms with van der Waals surface area (Å²) in [5.74, 6) is -0.0426. The van der Waals surface area contributed by atoms with Crippen LogP contribution in [-0.4, -0.2) is 38.4 Å². The number of carbonyl (C=O) groups excluding carboxylic acids is 1. The fourth-order valence-electron chi connectivity index (χ4n) is 2.43. The molecule has 5 heteroatoms. The summed E-state index contributed by atoms with van der Waals surface area (Å²) in [6.45, 7) is 2.37. The molecule has 2 fully saturated rings. The molecular weight excluding hydrogens is 218 g/mol. The number of methoxy groups -OCH3 is 1. The van der Waals surface area contributed by atoms with E-state index in [1.54, 1.807) is 0 Å². The van der Waals surface area contributed by atoms with E-state index in [1.807, 2.05) is 0 Å². The zero-order valence-corrected chi connectivity index (χ0v) is 9.77. The highest BCUT2D eigenvalue weighted by atomic mass is 35.5. The number of ether oxygens (including phenoxy) is 2. The van der Waals surface area contributed by atoms with E-state index in [4.69, 9.17) is 9.47 Å². The van der Waals surface area contributed by atoms with Gasteiger partial charge in [0.05, 0.1) is 13.0 Å². The van der Waals surface area contributed by atoms with Crippen molar-refractivity contribution in [2.45, 2.75) is 24.8 Å². The first-order valence-corrected chi connectivity index (χ1v) is 5.16. The average molecular weight is 236 g/mol. The quantitative estimate of drug-likeness (QED) is 0.681. The molecule has 2 rings (SSSR count). The van der Waals surface area contributed by atoms with E-state index in [0.29, 0.717) is 0 Å². The maximum atomic E-state index is 11.3. The number of hydrogen-bond donors (Lipinski definition) is 1. The van der Waals surface area contributed by atoms with E-state index in [1.165, 1.54) is 7.11 Å². The molecule has 1 atom stereocenters. The van der Waals surface area contributed by atoms with Crippen LogP contribution in [0.5, 0.6) is 0 Å². The number of hydrogen-bond acceptors (Lipinski definition) is 4. The molecule has 0 aliphatic carbocycles. The summed E-state index contributed by atoms with van der Waals surface area (Å²) in [5, 5.41) is 3.46. The van der Waals surface area contributed by atoms with Crippen molar-refractivity contribution in [1.82, 2.24) is 5.32 Å². The molecule has 0 saturated carbocycles. The highest BCUT2D eigenvalue weighted by molar-refractivity contribution is 5.85. The first-order chi connectivity index (χ1) is 6.76. The summed E-state index contributed by atoms with van der Waals surface area (Å²) >= 11 is 0. The standard InChI is InChI=1S/C10H17NO3.ClH/c1-13-9(12)8-6-10(11-7-8)2-4-14-5-3-10;/h8,11H,2-7H2,1H3;1H. The summed E-state index contributed by atoms with van der Waals surface area (Å²) in [6, 6.07) is 0. The molecule has 0 aromatic rings. The van der Waals surface area contributed by atoms with Crippen molar-refractivity contribution in [3.8, 4) is 0 Å². The van der Waals surface area contributed by atoms with Crippen LogP contribution in [0, 0.1) is 5.92 Å². The van der Waals surface area contributed by atoms with Gasteiger partial charge < -0.3 is 14.8 Å². The minimum Gasteiger partial charge on any atom is -0.469 e. The van der Waals surface area contributed by atoms with Crippen LogP contribution in [0.25, 0.3) is 0 Å². The van der Waals surface area contributed by atoms with Gasteiger partial charge in [-0.15, -0.1) is 12.4 Å². The highest BCUT2D eigenvalue weighted by Gasteiger charge is 2.42. The summed E-state index contributed by atoms with van der Waals surface area (Å²) < 4.78 is 10.1. The van der Waals surface area contributed by atoms with Crippen LogP contribution >= 0.6 is 12.4 Å². The summed E-state index contributed by atoms with van der Waals surface area (Å²) in [4.78, 5) is 11.3. The van der Waals surface area contributed by atoms with Gasteiger partial charge in [0, 0.05) is 25.3 Å². The van der Waals surface area contributed by atoms with Gasteiger partial charge in [-0.2, -0.15) is 0 Å². The molecule has 1 unspecified atom stereocenters. The van der Waals surface area contributed by atoms with Crippen molar-refractivity contribution in [2.24, 2.45) is 5.92 Å². The van der Waals surface area contributed by atoms with Crippen molar-refractivity contribution in [3.63, 3.8) is 0 Å². The Hall–Kier alpha value is -0.320. The molecule has 0 aromatic carbocycles. The van der Waals surface area contributed by atoms with Crippen LogP contribution in [-0.2, 0) is 14.3 Å². The molecule has 0 radical (unpaired) electrons. The predicted octanol–water partition coefficient (Wildman–Crippen LogP) is 0.740. The number of halogens is 1. The molecule has 0 aromatic heterocycles. The Kier molecular flexibility index (Phi) is 4.37. The van der Waals surface area contributed by atoms with Crippen LogP contribution in [0.4, 0.5) is 0 Å². The Labute approximate surface area is 96.1 Å². The van der Waals surface area contributed by atoms with Crippen molar-refractivity contribution < 1.29 is 14.3 Å². The summed E-state index contributed by atoms with van der Waals surface area (Å²) in [7, 11) is 1.46. The molecule has 1 N–H and O–H groups in total. The van der Waals surface area contributed by atoms with Crippen molar-refractivity contribution >= 4 is 18.4 Å². The third-order valence-electron chi connectivity index (χ3n) is 3.35. The first kappa shape index (κ1) is 12.7. The number of carbonyl (C=O) groups is 1. The fourth-order valence-corrected chi connectivity index (χ4v) is 2.43. The molecule has 1 spiro atoms. The third-order valence-corrected chi connectivity index (χ3v) is 3.35. The lowest BCUT2D eigenvalue weighted by Gasteiger charge is -2.33. The molecule has 2 saturated heterocycles. The SMILES string of the molecule is COC(=O)C1CNC2(CCOCC2)C1.Cl. The van der Waals surface area contributed by atoms with E-state index in [2.05, 4.69) is 5.32 Å². The van der Waals surface area contributed by atoms with Crippen molar-refractivity contribution in [2.75, 3.05) is 26.9 Å². The van der Waals surface area contributed by atoms with E-state index < -0.39 is 0 Å². The second kappa shape index (κ2) is 5.14. The topological polar surface area (TPSA) is 47.6 Å². The van der Waals surface area contributed by atoms with E-state index in [0.717, 1.165) is 39.0 Å². The Morgan fingerprint density at radius 3 is 2.73 bits per heavy atom. The molecule has 2 heterocycles. The first-order valence-electron chi connectivity index (χ1n) is 5.16. The Morgan fingerprint density at radius 2 is 2.13 bits per heavy atom. The van der Waals surface area contributed by atoms with Crippen molar-refractivity contribution in [1.29, 1.82) is 0 Å². The van der Waals surface area contributed by atoms with Crippen molar-refractivity contribution in [3.05, 3.63) is 0 Å². The average Bonchev–Trinajstić information content (AvgIpc) is 2.62. The Morgan fingerprint density at radius 1 is 1.47 bits per heavy atom. The molecule has 4 nitrogen and oxygen atoms in total. The zero-order chi connectivity index (χ0) is 10.0. The molecule has 0 bridgehead atoms. The van der Waals surface area contributed by atoms with Crippen LogP contribution in [0.1, 0.15) is 19.3 Å². The van der Waals surface area contributed by atoms with Crippen LogP contribution in [0.15, 0.2) is 0 Å². The summed E-state index contributed by atoms with van der Waals surface area (Å²) in [5.41, 5.74) is 0.150. The molecule has 0 amide bonds. The fraction of sp³-hybridized carbons (Fsp3) is 0.900. The lowest BCUT2D eigenvalue weighted by atomic mass is 9.86. The second-order valence-electron chi connectivity index (χ2n) is 4.20. The second-order valence-corrected chi connectivity index (χ2v) is 4.20. The van der Waals surface area contributed by atoms with Gasteiger partial charge in [0.15, 0.2) is 0 Å². The monoisotopic (exact) mass is 235 g/mol. The third kappa shape index (κ3) is 2.62. The zero-order valence-electron chi connectivity index (χ0n) is 8.95. The van der Waals surface area contributed by atoms with Crippen LogP contribution in [0.2, 0.25) is 0 Å². The number of esters is 1. The highest BCUT2D eigenvalue weighted by Crippen LogP contribution is 2.33. The maximum Gasteiger partial charge on any atom is 0.310 e. The van der Waals surface area contributed by atoms with Gasteiger partial charge in [-0.25, -0.2) is 0 Å². The molecule has 88 valence electrons. The Balaban J connectivity index is 0.00000112. The van der Waals surface area contributed by atoms with Crippen LogP contribution < -0.4 is 5.32 Å². The van der Waals surface area contributed by atoms with Gasteiger partial charge in [0.25, 0.3) is 0 Å². The van der Waals surface area contributed by atoms with Gasteiger partial charge in [0.2, 0.25) is 0 Å². The number of nitrogens with one attached hydrogen (secondary N) is 1. The van der Waals surface area contributed by atoms with E-state index in [-0.39, 0.29) is 29.8 Å². The number of rotatable bonds is 1. The minimum atomic E-state index is -0.0825. The normalized spacial score (nSPS) is 28.5. The largest absolute Gasteiger partial charge is 0.469 e. The smallest absolute Gasteiger partial charge is 0.310 e. The maximum absolute atomic E-state index is 11.3. The van der Waals surface area contributed by atoms with Crippen LogP contribution in [0.3, 0.4) is 0 Å². The molecule has 2 aliphatic rings. The van der Waals surface area contributed by atoms with E-state index >= 15 is 0 Å². The molecular formula is C10H18ClNO3. The minimum absolute atomic E-state index is 0. The van der Waals surface area contributed by atoms with Gasteiger partial charge >= 0.3 is 5.97 Å². The summed E-state index contributed by atoms with van der Waals surface area (Å²) in [6.07, 6.45) is 2.93. The van der Waals surface area contributed by atoms with Gasteiger partial charge in [-0.1, -0.05) is 0 Å². The van der Waals surface area contributed by atoms with E-state index in [9.17, 15) is 4.79 Å². The van der Waals surface area contributed by atoms with Gasteiger partial charge in [-0.3, -0.25) is 4.79 Å².